The average molecular weight is 132 g/mol. The van der Waals surface area contributed by atoms with E-state index in [1.165, 1.54) is 12.1 Å². The van der Waals surface area contributed by atoms with Crippen LogP contribution in [0.4, 0.5) is 0 Å². The van der Waals surface area contributed by atoms with Gasteiger partial charge in [-0.25, -0.2) is 0 Å². The minimum Gasteiger partial charge on any atom is -0.310 e. The van der Waals surface area contributed by atoms with Gasteiger partial charge in [0.15, 0.2) is 0 Å². The first-order chi connectivity index (χ1) is 3.30. The Morgan fingerprint density at radius 3 is 2.43 bits per heavy atom. The molecule has 0 unspecified atom stereocenters. The maximum absolute atomic E-state index is 4.75. The summed E-state index contributed by atoms with van der Waals surface area (Å²) in [6, 6.07) is 0. The Balaban J connectivity index is 2.65. The lowest BCUT2D eigenvalue weighted by Crippen LogP contribution is -2.05. The Morgan fingerprint density at radius 1 is 1.57 bits per heavy atom. The van der Waals surface area contributed by atoms with Crippen LogP contribution in [0.25, 0.3) is 0 Å². The number of hydrogen-bond donors (Lipinski definition) is 2. The lowest BCUT2D eigenvalue weighted by molar-refractivity contribution is 1.39. The molecule has 38 valence electrons. The van der Waals surface area contributed by atoms with Crippen LogP contribution in [0.15, 0.2) is 12.3 Å². The first-order valence-corrected chi connectivity index (χ1v) is 2.94. The van der Waals surface area contributed by atoms with Crippen molar-refractivity contribution in [1.82, 2.24) is 9.44 Å². The van der Waals surface area contributed by atoms with E-state index < -0.39 is 0 Å². The minimum absolute atomic E-state index is 0.699. The van der Waals surface area contributed by atoms with Gasteiger partial charge in [0.25, 0.3) is 0 Å². The summed E-state index contributed by atoms with van der Waals surface area (Å²) >= 11 is 6.10. The lowest BCUT2D eigenvalue weighted by Gasteiger charge is -1.83. The number of thiocarbonyl (C=S) groups is 1. The van der Waals surface area contributed by atoms with Crippen LogP contribution in [0.1, 0.15) is 0 Å². The molecule has 0 atom stereocenters. The average Bonchev–Trinajstić information content (AvgIpc) is 1.91. The smallest absolute Gasteiger partial charge is 0.134 e. The summed E-state index contributed by atoms with van der Waals surface area (Å²) in [6.07, 6.45) is 0. The fraction of sp³-hybridized carbons (Fsp3) is 0. The SMILES string of the molecule is C=C1NSNC1=S. The fourth-order valence-electron chi connectivity index (χ4n) is 0.241. The Bertz CT molecular complexity index is 106. The van der Waals surface area contributed by atoms with Gasteiger partial charge in [-0.05, 0) is 0 Å². The van der Waals surface area contributed by atoms with Gasteiger partial charge in [-0.2, -0.15) is 0 Å². The van der Waals surface area contributed by atoms with E-state index in [2.05, 4.69) is 16.0 Å². The summed E-state index contributed by atoms with van der Waals surface area (Å²) in [7, 11) is 0. The van der Waals surface area contributed by atoms with Gasteiger partial charge in [-0.1, -0.05) is 18.8 Å². The van der Waals surface area contributed by atoms with Crippen LogP contribution in [-0.2, 0) is 0 Å². The van der Waals surface area contributed by atoms with E-state index in [9.17, 15) is 0 Å². The van der Waals surface area contributed by atoms with Crippen LogP contribution in [0.5, 0.6) is 0 Å². The van der Waals surface area contributed by atoms with Gasteiger partial charge in [0.2, 0.25) is 0 Å². The molecule has 1 rings (SSSR count). The maximum Gasteiger partial charge on any atom is 0.134 e. The molecule has 2 nitrogen and oxygen atoms in total. The molecule has 0 aromatic carbocycles. The molecule has 1 aliphatic heterocycles. The summed E-state index contributed by atoms with van der Waals surface area (Å²) in [6.45, 7) is 3.60. The molecule has 0 saturated carbocycles. The van der Waals surface area contributed by atoms with Crippen molar-refractivity contribution in [3.05, 3.63) is 12.3 Å². The lowest BCUT2D eigenvalue weighted by atomic mass is 10.5. The summed E-state index contributed by atoms with van der Waals surface area (Å²) in [5, 5.41) is 0. The van der Waals surface area contributed by atoms with E-state index in [4.69, 9.17) is 12.2 Å². The van der Waals surface area contributed by atoms with E-state index in [0.29, 0.717) is 4.99 Å². The highest BCUT2D eigenvalue weighted by atomic mass is 32.2. The van der Waals surface area contributed by atoms with Gasteiger partial charge in [0.05, 0.1) is 17.8 Å². The molecule has 0 aliphatic carbocycles. The Hall–Kier alpha value is -0.220. The summed E-state index contributed by atoms with van der Waals surface area (Å²) < 4.78 is 5.65. The van der Waals surface area contributed by atoms with Crippen molar-refractivity contribution in [3.63, 3.8) is 0 Å². The molecule has 4 heteroatoms. The van der Waals surface area contributed by atoms with Crippen LogP contribution in [-0.4, -0.2) is 4.99 Å². The molecular formula is C3H4N2S2. The third-order valence-corrected chi connectivity index (χ3v) is 1.72. The zero-order valence-corrected chi connectivity index (χ0v) is 5.16. The minimum atomic E-state index is 0.699. The zero-order valence-electron chi connectivity index (χ0n) is 3.52. The topological polar surface area (TPSA) is 24.1 Å². The summed E-state index contributed by atoms with van der Waals surface area (Å²) in [5.74, 6) is 0. The van der Waals surface area contributed by atoms with E-state index >= 15 is 0 Å². The second kappa shape index (κ2) is 1.71. The predicted octanol–water partition coefficient (Wildman–Crippen LogP) is 0.583. The first-order valence-electron chi connectivity index (χ1n) is 1.72. The normalized spacial score (nSPS) is 18.9. The largest absolute Gasteiger partial charge is 0.310 e. The second-order valence-electron chi connectivity index (χ2n) is 1.11. The quantitative estimate of drug-likeness (QED) is 0.286. The highest BCUT2D eigenvalue weighted by Gasteiger charge is 2.07. The van der Waals surface area contributed by atoms with Gasteiger partial charge in [-0.15, -0.1) is 0 Å². The van der Waals surface area contributed by atoms with Gasteiger partial charge in [0.1, 0.15) is 4.99 Å². The highest BCUT2D eigenvalue weighted by Crippen LogP contribution is 2.04. The van der Waals surface area contributed by atoms with Crippen LogP contribution >= 0.6 is 24.4 Å². The molecule has 1 saturated heterocycles. The third-order valence-electron chi connectivity index (χ3n) is 0.592. The van der Waals surface area contributed by atoms with Crippen LogP contribution in [0, 0.1) is 0 Å². The molecule has 2 N–H and O–H groups in total. The second-order valence-corrected chi connectivity index (χ2v) is 2.13. The number of rotatable bonds is 0. The van der Waals surface area contributed by atoms with E-state index in [1.54, 1.807) is 0 Å². The van der Waals surface area contributed by atoms with Gasteiger partial charge >= 0.3 is 0 Å². The van der Waals surface area contributed by atoms with Crippen molar-refractivity contribution in [2.75, 3.05) is 0 Å². The highest BCUT2D eigenvalue weighted by molar-refractivity contribution is 7.98. The molecule has 0 spiro atoms. The van der Waals surface area contributed by atoms with E-state index in [0.717, 1.165) is 5.70 Å². The van der Waals surface area contributed by atoms with Crippen molar-refractivity contribution < 1.29 is 0 Å². The molecule has 0 aromatic heterocycles. The van der Waals surface area contributed by atoms with Crippen molar-refractivity contribution in [2.45, 2.75) is 0 Å². The van der Waals surface area contributed by atoms with Crippen molar-refractivity contribution in [2.24, 2.45) is 0 Å². The Kier molecular flexibility index (Phi) is 1.21. The maximum atomic E-state index is 4.75. The monoisotopic (exact) mass is 132 g/mol. The number of nitrogens with one attached hydrogen (secondary N) is 2. The standard InChI is InChI=1S/C3H4N2S2/c1-2-3(6)5-7-4-2/h4H,1H2,(H,5,6). The first kappa shape index (κ1) is 4.93. The molecule has 0 aromatic rings. The molecule has 0 bridgehead atoms. The van der Waals surface area contributed by atoms with E-state index in [1.807, 2.05) is 0 Å². The Labute approximate surface area is 51.6 Å². The molecule has 0 amide bonds. The van der Waals surface area contributed by atoms with Crippen LogP contribution in [0.3, 0.4) is 0 Å². The van der Waals surface area contributed by atoms with Crippen molar-refractivity contribution >= 4 is 29.3 Å². The molecule has 0 radical (unpaired) electrons. The summed E-state index contributed by atoms with van der Waals surface area (Å²) in [5.41, 5.74) is 0.792. The molecule has 1 fully saturated rings. The Morgan fingerprint density at radius 2 is 2.29 bits per heavy atom. The van der Waals surface area contributed by atoms with Gasteiger partial charge in [-0.3, -0.25) is 0 Å². The van der Waals surface area contributed by atoms with Gasteiger partial charge < -0.3 is 9.44 Å². The molecule has 7 heavy (non-hydrogen) atoms. The van der Waals surface area contributed by atoms with Gasteiger partial charge in [0, 0.05) is 0 Å². The van der Waals surface area contributed by atoms with Crippen molar-refractivity contribution in [1.29, 1.82) is 0 Å². The zero-order chi connectivity index (χ0) is 5.28. The molecular weight excluding hydrogens is 128 g/mol. The predicted molar refractivity (Wildman–Crippen MR) is 35.6 cm³/mol. The van der Waals surface area contributed by atoms with Crippen molar-refractivity contribution in [3.8, 4) is 0 Å². The third kappa shape index (κ3) is 0.863. The molecule has 1 aliphatic rings. The van der Waals surface area contributed by atoms with E-state index in [-0.39, 0.29) is 0 Å². The number of hydrogen-bond acceptors (Lipinski definition) is 3. The molecule has 1 heterocycles. The van der Waals surface area contributed by atoms with Crippen LogP contribution in [0.2, 0.25) is 0 Å². The fourth-order valence-corrected chi connectivity index (χ4v) is 0.974. The van der Waals surface area contributed by atoms with Crippen LogP contribution < -0.4 is 9.44 Å². The summed E-state index contributed by atoms with van der Waals surface area (Å²) in [4.78, 5) is 0.699.